The number of fused-ring (bicyclic) bond motifs is 1. The van der Waals surface area contributed by atoms with Gasteiger partial charge in [0.05, 0.1) is 18.3 Å². The molecule has 0 aliphatic carbocycles. The Balaban J connectivity index is 1.50. The molecule has 0 fully saturated rings. The standard InChI is InChI=1S/C26H25N3O4S/c1-16-8-7-9-17(2)22(16)28-20(30)14-29-15-27-24-21(25(29)31)18(3)23(34-24)26(32)33-13-12-19-10-5-4-6-11-19/h4-11,15H,12-14H2,1-3H3,(H,28,30). The Bertz CT molecular complexity index is 1400. The first kappa shape index (κ1) is 23.4. The molecule has 34 heavy (non-hydrogen) atoms. The fraction of sp³-hybridized carbons (Fsp3) is 0.231. The fourth-order valence-corrected chi connectivity index (χ4v) is 4.82. The molecule has 0 radical (unpaired) electrons. The molecule has 2 aromatic carbocycles. The first-order valence-electron chi connectivity index (χ1n) is 10.9. The highest BCUT2D eigenvalue weighted by Gasteiger charge is 2.21. The lowest BCUT2D eigenvalue weighted by Gasteiger charge is -2.12. The van der Waals surface area contributed by atoms with Crippen molar-refractivity contribution in [2.75, 3.05) is 11.9 Å². The number of amides is 1. The van der Waals surface area contributed by atoms with Crippen molar-refractivity contribution in [2.24, 2.45) is 0 Å². The van der Waals surface area contributed by atoms with E-state index in [2.05, 4.69) is 10.3 Å². The van der Waals surface area contributed by atoms with Gasteiger partial charge in [0, 0.05) is 12.1 Å². The van der Waals surface area contributed by atoms with E-state index in [1.807, 2.05) is 62.4 Å². The number of anilines is 1. The van der Waals surface area contributed by atoms with Gasteiger partial charge < -0.3 is 10.1 Å². The van der Waals surface area contributed by atoms with Gasteiger partial charge in [0.15, 0.2) is 0 Å². The van der Waals surface area contributed by atoms with E-state index in [-0.39, 0.29) is 24.6 Å². The third kappa shape index (κ3) is 4.92. The Kier molecular flexibility index (Phi) is 6.88. The van der Waals surface area contributed by atoms with E-state index in [1.54, 1.807) is 6.92 Å². The summed E-state index contributed by atoms with van der Waals surface area (Å²) in [6.07, 6.45) is 1.95. The first-order chi connectivity index (χ1) is 16.3. The molecule has 8 heteroatoms. The third-order valence-corrected chi connectivity index (χ3v) is 6.81. The molecule has 4 rings (SSSR count). The predicted molar refractivity (Wildman–Crippen MR) is 134 cm³/mol. The zero-order valence-corrected chi connectivity index (χ0v) is 20.1. The summed E-state index contributed by atoms with van der Waals surface area (Å²) in [5.74, 6) is -0.802. The number of aromatic nitrogens is 2. The van der Waals surface area contributed by atoms with Crippen molar-refractivity contribution in [3.05, 3.63) is 92.3 Å². The number of thiophene rings is 1. The topological polar surface area (TPSA) is 90.3 Å². The summed E-state index contributed by atoms with van der Waals surface area (Å²) in [6, 6.07) is 15.5. The molecule has 0 spiro atoms. The van der Waals surface area contributed by atoms with Gasteiger partial charge in [-0.1, -0.05) is 48.5 Å². The van der Waals surface area contributed by atoms with E-state index < -0.39 is 5.97 Å². The number of nitrogens with one attached hydrogen (secondary N) is 1. The van der Waals surface area contributed by atoms with Crippen LogP contribution in [0.5, 0.6) is 0 Å². The minimum atomic E-state index is -0.477. The van der Waals surface area contributed by atoms with E-state index in [0.717, 1.165) is 33.7 Å². The number of esters is 1. The van der Waals surface area contributed by atoms with Gasteiger partial charge in [0.1, 0.15) is 16.3 Å². The van der Waals surface area contributed by atoms with E-state index >= 15 is 0 Å². The number of hydrogen-bond donors (Lipinski definition) is 1. The van der Waals surface area contributed by atoms with E-state index in [4.69, 9.17) is 4.74 Å². The Morgan fingerprint density at radius 2 is 1.74 bits per heavy atom. The van der Waals surface area contributed by atoms with Crippen LogP contribution in [0.2, 0.25) is 0 Å². The second kappa shape index (κ2) is 10.0. The van der Waals surface area contributed by atoms with Gasteiger partial charge in [0.2, 0.25) is 5.91 Å². The van der Waals surface area contributed by atoms with Crippen molar-refractivity contribution in [1.82, 2.24) is 9.55 Å². The summed E-state index contributed by atoms with van der Waals surface area (Å²) in [7, 11) is 0. The van der Waals surface area contributed by atoms with Gasteiger partial charge in [-0.3, -0.25) is 14.2 Å². The molecule has 0 aliphatic heterocycles. The van der Waals surface area contributed by atoms with Gasteiger partial charge in [-0.15, -0.1) is 11.3 Å². The number of carbonyl (C=O) groups is 2. The molecular formula is C26H25N3O4S. The molecule has 0 bridgehead atoms. The molecule has 1 amide bonds. The Morgan fingerprint density at radius 3 is 2.44 bits per heavy atom. The van der Waals surface area contributed by atoms with Crippen molar-refractivity contribution < 1.29 is 14.3 Å². The van der Waals surface area contributed by atoms with Gasteiger partial charge in [0.25, 0.3) is 5.56 Å². The Morgan fingerprint density at radius 1 is 1.03 bits per heavy atom. The van der Waals surface area contributed by atoms with Crippen LogP contribution in [0.4, 0.5) is 5.69 Å². The molecule has 0 saturated heterocycles. The number of rotatable bonds is 7. The minimum Gasteiger partial charge on any atom is -0.461 e. The van der Waals surface area contributed by atoms with Crippen LogP contribution in [-0.4, -0.2) is 28.0 Å². The summed E-state index contributed by atoms with van der Waals surface area (Å²) < 4.78 is 6.70. The molecule has 1 N–H and O–H groups in total. The fourth-order valence-electron chi connectivity index (χ4n) is 3.78. The van der Waals surface area contributed by atoms with Gasteiger partial charge in [-0.25, -0.2) is 9.78 Å². The number of para-hydroxylation sites is 1. The Hall–Kier alpha value is -3.78. The molecule has 0 aliphatic rings. The zero-order valence-electron chi connectivity index (χ0n) is 19.3. The first-order valence-corrected chi connectivity index (χ1v) is 11.7. The summed E-state index contributed by atoms with van der Waals surface area (Å²) in [5, 5.41) is 3.21. The van der Waals surface area contributed by atoms with Crippen LogP contribution in [0, 0.1) is 20.8 Å². The zero-order chi connectivity index (χ0) is 24.2. The summed E-state index contributed by atoms with van der Waals surface area (Å²) in [5.41, 5.74) is 3.86. The van der Waals surface area contributed by atoms with Crippen LogP contribution in [0.3, 0.4) is 0 Å². The average molecular weight is 476 g/mol. The van der Waals surface area contributed by atoms with Crippen LogP contribution in [-0.2, 0) is 22.5 Å². The number of carbonyl (C=O) groups excluding carboxylic acids is 2. The molecule has 0 atom stereocenters. The molecule has 7 nitrogen and oxygen atoms in total. The number of aryl methyl sites for hydroxylation is 3. The third-order valence-electron chi connectivity index (χ3n) is 5.63. The lowest BCUT2D eigenvalue weighted by atomic mass is 10.1. The van der Waals surface area contributed by atoms with Crippen LogP contribution < -0.4 is 10.9 Å². The van der Waals surface area contributed by atoms with Crippen molar-refractivity contribution >= 4 is 39.1 Å². The maximum absolute atomic E-state index is 13.1. The SMILES string of the molecule is Cc1cccc(C)c1NC(=O)Cn1cnc2sc(C(=O)OCCc3ccccc3)c(C)c2c1=O. The van der Waals surface area contributed by atoms with Crippen LogP contribution in [0.25, 0.3) is 10.2 Å². The molecule has 2 heterocycles. The largest absolute Gasteiger partial charge is 0.461 e. The van der Waals surface area contributed by atoms with E-state index in [0.29, 0.717) is 27.1 Å². The highest BCUT2D eigenvalue weighted by Crippen LogP contribution is 2.27. The maximum Gasteiger partial charge on any atom is 0.348 e. The van der Waals surface area contributed by atoms with Crippen LogP contribution in [0.1, 0.15) is 31.9 Å². The summed E-state index contributed by atoms with van der Waals surface area (Å²) in [4.78, 5) is 43.5. The van der Waals surface area contributed by atoms with Gasteiger partial charge >= 0.3 is 5.97 Å². The quantitative estimate of drug-likeness (QED) is 0.400. The lowest BCUT2D eigenvalue weighted by molar-refractivity contribution is -0.116. The second-order valence-corrected chi connectivity index (χ2v) is 9.10. The van der Waals surface area contributed by atoms with Crippen molar-refractivity contribution in [2.45, 2.75) is 33.7 Å². The van der Waals surface area contributed by atoms with Crippen molar-refractivity contribution in [3.63, 3.8) is 0 Å². The van der Waals surface area contributed by atoms with E-state index in [9.17, 15) is 14.4 Å². The molecule has 4 aromatic rings. The molecular weight excluding hydrogens is 450 g/mol. The highest BCUT2D eigenvalue weighted by atomic mass is 32.1. The normalized spacial score (nSPS) is 10.9. The van der Waals surface area contributed by atoms with Gasteiger partial charge in [-0.05, 0) is 43.0 Å². The smallest absolute Gasteiger partial charge is 0.348 e. The van der Waals surface area contributed by atoms with E-state index in [1.165, 1.54) is 10.9 Å². The molecule has 0 saturated carbocycles. The summed E-state index contributed by atoms with van der Waals surface area (Å²) in [6.45, 7) is 5.60. The average Bonchev–Trinajstić information content (AvgIpc) is 3.16. The number of benzene rings is 2. The van der Waals surface area contributed by atoms with Crippen LogP contribution in [0.15, 0.2) is 59.7 Å². The summed E-state index contributed by atoms with van der Waals surface area (Å²) >= 11 is 1.13. The van der Waals surface area contributed by atoms with Crippen molar-refractivity contribution in [1.29, 1.82) is 0 Å². The monoisotopic (exact) mass is 475 g/mol. The van der Waals surface area contributed by atoms with Crippen molar-refractivity contribution in [3.8, 4) is 0 Å². The number of nitrogens with zero attached hydrogens (tertiary/aromatic N) is 2. The number of ether oxygens (including phenoxy) is 1. The molecule has 2 aromatic heterocycles. The predicted octanol–water partition coefficient (Wildman–Crippen LogP) is 4.42. The number of hydrogen-bond acceptors (Lipinski definition) is 6. The van der Waals surface area contributed by atoms with Gasteiger partial charge in [-0.2, -0.15) is 0 Å². The molecule has 174 valence electrons. The molecule has 0 unspecified atom stereocenters. The van der Waals surface area contributed by atoms with Crippen LogP contribution >= 0.6 is 11.3 Å². The maximum atomic E-state index is 13.1. The second-order valence-electron chi connectivity index (χ2n) is 8.10. The minimum absolute atomic E-state index is 0.179. The Labute approximate surface area is 201 Å². The lowest BCUT2D eigenvalue weighted by Crippen LogP contribution is -2.28. The highest BCUT2D eigenvalue weighted by molar-refractivity contribution is 7.20.